The van der Waals surface area contributed by atoms with E-state index in [-0.39, 0.29) is 0 Å². The molecule has 1 saturated carbocycles. The second-order valence-electron chi connectivity index (χ2n) is 4.68. The fourth-order valence-electron chi connectivity index (χ4n) is 2.27. The average molecular weight is 182 g/mol. The van der Waals surface area contributed by atoms with Crippen LogP contribution in [0.5, 0.6) is 0 Å². The van der Waals surface area contributed by atoms with Gasteiger partial charge in [-0.1, -0.05) is 25.0 Å². The van der Waals surface area contributed by atoms with Gasteiger partial charge in [0.2, 0.25) is 0 Å². The Kier molecular flexibility index (Phi) is 3.55. The molecule has 0 heterocycles. The van der Waals surface area contributed by atoms with Gasteiger partial charge in [-0.05, 0) is 45.4 Å². The lowest BCUT2D eigenvalue weighted by molar-refractivity contribution is 0.0340. The molecule has 0 aromatic rings. The molecule has 0 spiro atoms. The summed E-state index contributed by atoms with van der Waals surface area (Å²) in [6, 6.07) is 0. The molecular formula is C12H22O. The third-order valence-electron chi connectivity index (χ3n) is 3.11. The molecule has 0 radical (unpaired) electrons. The van der Waals surface area contributed by atoms with E-state index in [0.29, 0.717) is 0 Å². The van der Waals surface area contributed by atoms with Gasteiger partial charge in [0.05, 0.1) is 5.60 Å². The summed E-state index contributed by atoms with van der Waals surface area (Å²) >= 11 is 0. The Balaban J connectivity index is 2.51. The van der Waals surface area contributed by atoms with Gasteiger partial charge in [0.1, 0.15) is 0 Å². The van der Waals surface area contributed by atoms with Crippen molar-refractivity contribution in [2.24, 2.45) is 5.92 Å². The molecule has 1 N–H and O–H groups in total. The monoisotopic (exact) mass is 182 g/mol. The van der Waals surface area contributed by atoms with Gasteiger partial charge in [0.15, 0.2) is 0 Å². The Morgan fingerprint density at radius 3 is 2.31 bits per heavy atom. The minimum atomic E-state index is -0.482. The second kappa shape index (κ2) is 4.28. The number of hydrogen-bond donors (Lipinski definition) is 1. The maximum Gasteiger partial charge on any atom is 0.0830 e. The van der Waals surface area contributed by atoms with Crippen LogP contribution in [-0.2, 0) is 0 Å². The summed E-state index contributed by atoms with van der Waals surface area (Å²) in [5.41, 5.74) is 0.752. The van der Waals surface area contributed by atoms with Crippen molar-refractivity contribution in [3.05, 3.63) is 11.6 Å². The third-order valence-corrected chi connectivity index (χ3v) is 3.11. The summed E-state index contributed by atoms with van der Waals surface area (Å²) in [6.45, 7) is 6.36. The maximum atomic E-state index is 10.2. The van der Waals surface area contributed by atoms with E-state index >= 15 is 0 Å². The molecule has 1 rings (SSSR count). The molecule has 13 heavy (non-hydrogen) atoms. The Hall–Kier alpha value is -0.300. The first-order valence-corrected chi connectivity index (χ1v) is 5.44. The van der Waals surface area contributed by atoms with Crippen LogP contribution in [0.3, 0.4) is 0 Å². The van der Waals surface area contributed by atoms with E-state index in [1.807, 2.05) is 6.08 Å². The summed E-state index contributed by atoms with van der Waals surface area (Å²) in [5.74, 6) is 0.853. The van der Waals surface area contributed by atoms with Gasteiger partial charge in [-0.25, -0.2) is 0 Å². The quantitative estimate of drug-likeness (QED) is 0.650. The first-order valence-electron chi connectivity index (χ1n) is 5.44. The lowest BCUT2D eigenvalue weighted by Crippen LogP contribution is -2.31. The second-order valence-corrected chi connectivity index (χ2v) is 4.68. The fourth-order valence-corrected chi connectivity index (χ4v) is 2.27. The zero-order valence-corrected chi connectivity index (χ0v) is 9.14. The van der Waals surface area contributed by atoms with Crippen LogP contribution in [0, 0.1) is 5.92 Å². The Labute approximate surface area is 81.9 Å². The highest BCUT2D eigenvalue weighted by molar-refractivity contribution is 5.08. The van der Waals surface area contributed by atoms with Crippen molar-refractivity contribution in [1.29, 1.82) is 0 Å². The first kappa shape index (κ1) is 10.8. The van der Waals surface area contributed by atoms with Crippen LogP contribution in [0.2, 0.25) is 0 Å². The van der Waals surface area contributed by atoms with E-state index in [1.54, 1.807) is 0 Å². The molecule has 0 bridgehead atoms. The third kappa shape index (κ3) is 3.15. The number of allylic oxidation sites excluding steroid dienone is 1. The Morgan fingerprint density at radius 1 is 1.38 bits per heavy atom. The van der Waals surface area contributed by atoms with E-state index in [2.05, 4.69) is 20.8 Å². The van der Waals surface area contributed by atoms with E-state index in [9.17, 15) is 5.11 Å². The minimum absolute atomic E-state index is 0.482. The molecule has 0 atom stereocenters. The summed E-state index contributed by atoms with van der Waals surface area (Å²) in [6.07, 6.45) is 7.60. The topological polar surface area (TPSA) is 20.2 Å². The van der Waals surface area contributed by atoms with Gasteiger partial charge in [-0.15, -0.1) is 0 Å². The lowest BCUT2D eigenvalue weighted by atomic mass is 9.77. The normalized spacial score (nSPS) is 34.3. The van der Waals surface area contributed by atoms with Crippen LogP contribution >= 0.6 is 0 Å². The van der Waals surface area contributed by atoms with Gasteiger partial charge < -0.3 is 5.11 Å². The van der Waals surface area contributed by atoms with Crippen molar-refractivity contribution >= 4 is 0 Å². The van der Waals surface area contributed by atoms with Gasteiger partial charge in [-0.2, -0.15) is 0 Å². The predicted molar refractivity (Wildman–Crippen MR) is 56.6 cm³/mol. The first-order chi connectivity index (χ1) is 6.06. The van der Waals surface area contributed by atoms with Gasteiger partial charge in [0, 0.05) is 0 Å². The molecule has 0 saturated heterocycles. The predicted octanol–water partition coefficient (Wildman–Crippen LogP) is 3.28. The van der Waals surface area contributed by atoms with Crippen LogP contribution < -0.4 is 0 Å². The molecule has 1 nitrogen and oxygen atoms in total. The molecular weight excluding hydrogens is 160 g/mol. The maximum absolute atomic E-state index is 10.2. The summed E-state index contributed by atoms with van der Waals surface area (Å²) in [5, 5.41) is 10.2. The molecule has 1 aliphatic rings. The molecule has 0 aromatic carbocycles. The standard InChI is InChI=1S/C12H22O/c1-4-11-5-7-12(13,8-6-11)9-10(2)3/h9,11,13H,4-8H2,1-3H3. The zero-order valence-electron chi connectivity index (χ0n) is 9.14. The van der Waals surface area contributed by atoms with E-state index in [1.165, 1.54) is 24.8 Å². The van der Waals surface area contributed by atoms with E-state index in [4.69, 9.17) is 0 Å². The van der Waals surface area contributed by atoms with Gasteiger partial charge >= 0.3 is 0 Å². The number of hydrogen-bond acceptors (Lipinski definition) is 1. The highest BCUT2D eigenvalue weighted by atomic mass is 16.3. The summed E-state index contributed by atoms with van der Waals surface area (Å²) < 4.78 is 0. The summed E-state index contributed by atoms with van der Waals surface area (Å²) in [4.78, 5) is 0. The average Bonchev–Trinajstić information content (AvgIpc) is 2.04. The highest BCUT2D eigenvalue weighted by Gasteiger charge is 2.30. The Bertz CT molecular complexity index is 181. The highest BCUT2D eigenvalue weighted by Crippen LogP contribution is 2.34. The number of aliphatic hydroxyl groups is 1. The fraction of sp³-hybridized carbons (Fsp3) is 0.833. The molecule has 1 heteroatoms. The van der Waals surface area contributed by atoms with Crippen LogP contribution in [-0.4, -0.2) is 10.7 Å². The summed E-state index contributed by atoms with van der Waals surface area (Å²) in [7, 11) is 0. The van der Waals surface area contributed by atoms with Crippen molar-refractivity contribution in [3.63, 3.8) is 0 Å². The van der Waals surface area contributed by atoms with Crippen LogP contribution in [0.25, 0.3) is 0 Å². The zero-order chi connectivity index (χ0) is 9.90. The molecule has 0 unspecified atom stereocenters. The lowest BCUT2D eigenvalue weighted by Gasteiger charge is -2.33. The van der Waals surface area contributed by atoms with Gasteiger partial charge in [-0.3, -0.25) is 0 Å². The van der Waals surface area contributed by atoms with Crippen molar-refractivity contribution in [2.45, 2.75) is 58.5 Å². The van der Waals surface area contributed by atoms with Crippen molar-refractivity contribution in [3.8, 4) is 0 Å². The largest absolute Gasteiger partial charge is 0.386 e. The molecule has 0 aliphatic heterocycles. The van der Waals surface area contributed by atoms with Crippen molar-refractivity contribution in [1.82, 2.24) is 0 Å². The molecule has 0 amide bonds. The van der Waals surface area contributed by atoms with Crippen LogP contribution in [0.1, 0.15) is 52.9 Å². The van der Waals surface area contributed by atoms with E-state index < -0.39 is 5.60 Å². The van der Waals surface area contributed by atoms with E-state index in [0.717, 1.165) is 18.8 Å². The van der Waals surface area contributed by atoms with Crippen LogP contribution in [0.4, 0.5) is 0 Å². The van der Waals surface area contributed by atoms with Crippen molar-refractivity contribution in [2.75, 3.05) is 0 Å². The Morgan fingerprint density at radius 2 is 1.92 bits per heavy atom. The molecule has 1 fully saturated rings. The smallest absolute Gasteiger partial charge is 0.0830 e. The molecule has 76 valence electrons. The number of rotatable bonds is 2. The minimum Gasteiger partial charge on any atom is -0.386 e. The van der Waals surface area contributed by atoms with Crippen LogP contribution in [0.15, 0.2) is 11.6 Å². The SMILES string of the molecule is CCC1CCC(O)(C=C(C)C)CC1. The molecule has 0 aromatic heterocycles. The molecule has 1 aliphatic carbocycles. The van der Waals surface area contributed by atoms with Crippen molar-refractivity contribution < 1.29 is 5.11 Å². The van der Waals surface area contributed by atoms with Gasteiger partial charge in [0.25, 0.3) is 0 Å².